The SMILES string of the molecule is C[C@@H](NC(=O)c1ncnc2c1CCCC(=O)N2)c1ncc(C(=O)Nc2ccc(Cl)c(C(F)(F)F)c2)s1. The maximum Gasteiger partial charge on any atom is 0.417 e. The van der Waals surface area contributed by atoms with Crippen molar-refractivity contribution in [2.45, 2.75) is 38.4 Å². The van der Waals surface area contributed by atoms with Gasteiger partial charge in [0.15, 0.2) is 0 Å². The van der Waals surface area contributed by atoms with Gasteiger partial charge in [0.25, 0.3) is 11.8 Å². The van der Waals surface area contributed by atoms with Crippen LogP contribution < -0.4 is 16.0 Å². The van der Waals surface area contributed by atoms with Crippen LogP contribution in [0.25, 0.3) is 0 Å². The lowest BCUT2D eigenvalue weighted by atomic mass is 10.1. The molecule has 0 saturated carbocycles. The van der Waals surface area contributed by atoms with Crippen LogP contribution in [0.4, 0.5) is 24.7 Å². The second kappa shape index (κ2) is 10.2. The van der Waals surface area contributed by atoms with Crippen LogP contribution in [-0.2, 0) is 17.4 Å². The molecular weight excluding hydrogens is 521 g/mol. The lowest BCUT2D eigenvalue weighted by Crippen LogP contribution is -2.29. The number of fused-ring (bicyclic) bond motifs is 1. The monoisotopic (exact) mass is 538 g/mol. The second-order valence-electron chi connectivity index (χ2n) is 7.86. The number of carbonyl (C=O) groups is 3. The number of thiazole rings is 1. The van der Waals surface area contributed by atoms with Crippen molar-refractivity contribution in [2.75, 3.05) is 10.6 Å². The Labute approximate surface area is 211 Å². The van der Waals surface area contributed by atoms with E-state index in [9.17, 15) is 27.6 Å². The number of nitrogens with one attached hydrogen (secondary N) is 3. The largest absolute Gasteiger partial charge is 0.417 e. The van der Waals surface area contributed by atoms with E-state index in [0.29, 0.717) is 35.7 Å². The first-order valence-electron chi connectivity index (χ1n) is 10.6. The highest BCUT2D eigenvalue weighted by Gasteiger charge is 2.33. The number of hydrogen-bond donors (Lipinski definition) is 3. The average Bonchev–Trinajstić information content (AvgIpc) is 3.23. The highest BCUT2D eigenvalue weighted by atomic mass is 35.5. The van der Waals surface area contributed by atoms with Crippen molar-refractivity contribution in [3.8, 4) is 0 Å². The first-order chi connectivity index (χ1) is 17.0. The fraction of sp³-hybridized carbons (Fsp3) is 0.273. The van der Waals surface area contributed by atoms with Gasteiger partial charge in [-0.25, -0.2) is 15.0 Å². The predicted octanol–water partition coefficient (Wildman–Crippen LogP) is 4.62. The molecule has 0 spiro atoms. The Hall–Kier alpha value is -3.58. The van der Waals surface area contributed by atoms with Gasteiger partial charge in [0.2, 0.25) is 5.91 Å². The number of nitrogens with zero attached hydrogens (tertiary/aromatic N) is 3. The molecular formula is C22H18ClF3N6O3S. The normalized spacial score (nSPS) is 14.3. The summed E-state index contributed by atoms with van der Waals surface area (Å²) in [7, 11) is 0. The lowest BCUT2D eigenvalue weighted by molar-refractivity contribution is -0.137. The summed E-state index contributed by atoms with van der Waals surface area (Å²) >= 11 is 6.59. The Balaban J connectivity index is 1.45. The van der Waals surface area contributed by atoms with Gasteiger partial charge in [-0.05, 0) is 38.0 Å². The minimum absolute atomic E-state index is 0.0791. The maximum absolute atomic E-state index is 13.1. The number of rotatable bonds is 5. The van der Waals surface area contributed by atoms with Gasteiger partial charge >= 0.3 is 6.18 Å². The Morgan fingerprint density at radius 3 is 2.69 bits per heavy atom. The van der Waals surface area contributed by atoms with E-state index in [-0.39, 0.29) is 22.2 Å². The number of amides is 3. The number of halogens is 4. The summed E-state index contributed by atoms with van der Waals surface area (Å²) in [6.45, 7) is 1.66. The smallest absolute Gasteiger partial charge is 0.342 e. The van der Waals surface area contributed by atoms with E-state index in [1.165, 1.54) is 18.6 Å². The van der Waals surface area contributed by atoms with Crippen LogP contribution >= 0.6 is 22.9 Å². The lowest BCUT2D eigenvalue weighted by Gasteiger charge is -2.14. The average molecular weight is 539 g/mol. The summed E-state index contributed by atoms with van der Waals surface area (Å²) in [6.07, 6.45) is -0.900. The fourth-order valence-corrected chi connectivity index (χ4v) is 4.55. The topological polar surface area (TPSA) is 126 Å². The van der Waals surface area contributed by atoms with Crippen LogP contribution in [0.5, 0.6) is 0 Å². The van der Waals surface area contributed by atoms with Crippen LogP contribution in [0.15, 0.2) is 30.7 Å². The van der Waals surface area contributed by atoms with E-state index in [0.717, 1.165) is 23.5 Å². The molecule has 2 aromatic heterocycles. The number of aromatic nitrogens is 3. The van der Waals surface area contributed by atoms with Crippen molar-refractivity contribution in [3.63, 3.8) is 0 Å². The Kier molecular flexibility index (Phi) is 7.22. The molecule has 1 atom stereocenters. The van der Waals surface area contributed by atoms with Gasteiger partial charge in [-0.3, -0.25) is 14.4 Å². The number of alkyl halides is 3. The molecule has 3 amide bonds. The van der Waals surface area contributed by atoms with Gasteiger partial charge in [-0.15, -0.1) is 11.3 Å². The molecule has 3 aromatic rings. The zero-order valence-electron chi connectivity index (χ0n) is 18.6. The molecule has 3 N–H and O–H groups in total. The van der Waals surface area contributed by atoms with Crippen LogP contribution in [0.1, 0.15) is 62.1 Å². The third kappa shape index (κ3) is 5.62. The maximum atomic E-state index is 13.1. The molecule has 0 saturated heterocycles. The fourth-order valence-electron chi connectivity index (χ4n) is 3.51. The molecule has 36 heavy (non-hydrogen) atoms. The van der Waals surface area contributed by atoms with Gasteiger partial charge < -0.3 is 16.0 Å². The first kappa shape index (κ1) is 25.5. The number of carbonyl (C=O) groups excluding carboxylic acids is 3. The van der Waals surface area contributed by atoms with Gasteiger partial charge in [0, 0.05) is 17.7 Å². The Bertz CT molecular complexity index is 1350. The molecule has 0 radical (unpaired) electrons. The molecule has 0 unspecified atom stereocenters. The van der Waals surface area contributed by atoms with E-state index in [1.807, 2.05) is 0 Å². The molecule has 0 fully saturated rings. The summed E-state index contributed by atoms with van der Waals surface area (Å²) in [4.78, 5) is 49.6. The van der Waals surface area contributed by atoms with Crippen molar-refractivity contribution in [2.24, 2.45) is 0 Å². The van der Waals surface area contributed by atoms with E-state index in [1.54, 1.807) is 6.92 Å². The molecule has 0 aliphatic carbocycles. The highest BCUT2D eigenvalue weighted by Crippen LogP contribution is 2.36. The molecule has 0 bridgehead atoms. The number of benzene rings is 1. The summed E-state index contributed by atoms with van der Waals surface area (Å²) < 4.78 is 39.2. The summed E-state index contributed by atoms with van der Waals surface area (Å²) in [6, 6.07) is 2.45. The first-order valence-corrected chi connectivity index (χ1v) is 11.8. The number of hydrogen-bond acceptors (Lipinski definition) is 7. The second-order valence-corrected chi connectivity index (χ2v) is 9.33. The minimum Gasteiger partial charge on any atom is -0.342 e. The molecule has 3 heterocycles. The molecule has 14 heteroatoms. The third-order valence-electron chi connectivity index (χ3n) is 5.24. The number of anilines is 2. The summed E-state index contributed by atoms with van der Waals surface area (Å²) in [5.74, 6) is -1.05. The molecule has 4 rings (SSSR count). The zero-order valence-corrected chi connectivity index (χ0v) is 20.1. The van der Waals surface area contributed by atoms with Gasteiger partial charge in [-0.1, -0.05) is 11.6 Å². The Morgan fingerprint density at radius 1 is 1.17 bits per heavy atom. The van der Waals surface area contributed by atoms with Gasteiger partial charge in [-0.2, -0.15) is 13.2 Å². The molecule has 1 aliphatic heterocycles. The van der Waals surface area contributed by atoms with Crippen molar-refractivity contribution in [1.82, 2.24) is 20.3 Å². The van der Waals surface area contributed by atoms with Crippen molar-refractivity contribution in [1.29, 1.82) is 0 Å². The van der Waals surface area contributed by atoms with E-state index in [2.05, 4.69) is 30.9 Å². The molecule has 1 aromatic carbocycles. The van der Waals surface area contributed by atoms with Crippen molar-refractivity contribution in [3.05, 3.63) is 62.5 Å². The van der Waals surface area contributed by atoms with Crippen LogP contribution in [0.3, 0.4) is 0 Å². The van der Waals surface area contributed by atoms with Crippen LogP contribution in [-0.4, -0.2) is 32.7 Å². The highest BCUT2D eigenvalue weighted by molar-refractivity contribution is 7.13. The predicted molar refractivity (Wildman–Crippen MR) is 126 cm³/mol. The van der Waals surface area contributed by atoms with Gasteiger partial charge in [0.1, 0.15) is 27.7 Å². The van der Waals surface area contributed by atoms with E-state index in [4.69, 9.17) is 11.6 Å². The quantitative estimate of drug-likeness (QED) is 0.435. The summed E-state index contributed by atoms with van der Waals surface area (Å²) in [5.41, 5.74) is -0.477. The Morgan fingerprint density at radius 2 is 1.94 bits per heavy atom. The zero-order chi connectivity index (χ0) is 26.0. The van der Waals surface area contributed by atoms with Crippen molar-refractivity contribution >= 4 is 52.2 Å². The standard InChI is InChI=1S/C22H18ClF3N6O3S/c1-10(30-20(35)17-12-3-2-4-16(33)32-18(12)29-9-28-17)21-27-8-15(36-21)19(34)31-11-5-6-14(23)13(7-11)22(24,25)26/h5-10H,2-4H2,1H3,(H,30,35)(H,31,34)(H,28,29,32,33)/t10-/m1/s1. The van der Waals surface area contributed by atoms with E-state index < -0.39 is 34.6 Å². The van der Waals surface area contributed by atoms with Crippen LogP contribution in [0.2, 0.25) is 5.02 Å². The molecule has 9 nitrogen and oxygen atoms in total. The molecule has 1 aliphatic rings. The summed E-state index contributed by atoms with van der Waals surface area (Å²) in [5, 5.41) is 7.73. The van der Waals surface area contributed by atoms with Crippen LogP contribution in [0, 0.1) is 0 Å². The minimum atomic E-state index is -4.67. The van der Waals surface area contributed by atoms with E-state index >= 15 is 0 Å². The molecule has 188 valence electrons. The third-order valence-corrected chi connectivity index (χ3v) is 6.75. The van der Waals surface area contributed by atoms with Gasteiger partial charge in [0.05, 0.1) is 22.8 Å². The van der Waals surface area contributed by atoms with Crippen molar-refractivity contribution < 1.29 is 27.6 Å².